The molecule has 0 saturated heterocycles. The van der Waals surface area contributed by atoms with E-state index in [-0.39, 0.29) is 22.4 Å². The van der Waals surface area contributed by atoms with E-state index in [1.165, 1.54) is 23.9 Å². The summed E-state index contributed by atoms with van der Waals surface area (Å²) >= 11 is 6.98. The molecule has 2 aromatic carbocycles. The molecule has 0 bridgehead atoms. The zero-order chi connectivity index (χ0) is 23.7. The van der Waals surface area contributed by atoms with E-state index in [0.29, 0.717) is 29.6 Å². The summed E-state index contributed by atoms with van der Waals surface area (Å²) in [4.78, 5) is 26.1. The SMILES string of the molecule is Cc1cncn1CCc1nc2c3ccccc3nc(SCC(=O)Nc3ccc(Cl)cc3F)n2n1. The van der Waals surface area contributed by atoms with Crippen molar-refractivity contribution < 1.29 is 9.18 Å². The van der Waals surface area contributed by atoms with Crippen molar-refractivity contribution in [3.63, 3.8) is 0 Å². The second kappa shape index (κ2) is 9.40. The number of aromatic nitrogens is 6. The normalized spacial score (nSPS) is 11.4. The molecule has 34 heavy (non-hydrogen) atoms. The Morgan fingerprint density at radius 3 is 2.85 bits per heavy atom. The Hall–Kier alpha value is -3.50. The number of nitrogens with zero attached hydrogens (tertiary/aromatic N) is 6. The molecule has 0 atom stereocenters. The number of anilines is 1. The Morgan fingerprint density at radius 1 is 1.21 bits per heavy atom. The molecule has 1 amide bonds. The lowest BCUT2D eigenvalue weighted by atomic mass is 10.2. The van der Waals surface area contributed by atoms with Crippen LogP contribution in [0.3, 0.4) is 0 Å². The molecule has 1 N–H and O–H groups in total. The van der Waals surface area contributed by atoms with Gasteiger partial charge in [0.15, 0.2) is 16.6 Å². The van der Waals surface area contributed by atoms with E-state index in [9.17, 15) is 9.18 Å². The number of aryl methyl sites for hydroxylation is 3. The molecule has 0 fully saturated rings. The number of benzene rings is 2. The summed E-state index contributed by atoms with van der Waals surface area (Å²) in [5.41, 5.74) is 2.57. The minimum absolute atomic E-state index is 0.0198. The van der Waals surface area contributed by atoms with Crippen LogP contribution in [-0.4, -0.2) is 40.8 Å². The van der Waals surface area contributed by atoms with Crippen LogP contribution >= 0.6 is 23.4 Å². The number of halogens is 2. The first-order valence-electron chi connectivity index (χ1n) is 10.5. The van der Waals surface area contributed by atoms with E-state index in [1.807, 2.05) is 42.0 Å². The molecule has 8 nitrogen and oxygen atoms in total. The molecule has 0 spiro atoms. The summed E-state index contributed by atoms with van der Waals surface area (Å²) in [6.07, 6.45) is 4.21. The van der Waals surface area contributed by atoms with E-state index in [4.69, 9.17) is 16.6 Å². The molecule has 172 valence electrons. The average molecular weight is 496 g/mol. The summed E-state index contributed by atoms with van der Waals surface area (Å²) in [5, 5.41) is 8.88. The van der Waals surface area contributed by atoms with Crippen LogP contribution in [0.4, 0.5) is 10.1 Å². The van der Waals surface area contributed by atoms with Crippen LogP contribution in [0.1, 0.15) is 11.5 Å². The zero-order valence-electron chi connectivity index (χ0n) is 18.1. The number of hydrogen-bond donors (Lipinski definition) is 1. The largest absolute Gasteiger partial charge is 0.334 e. The van der Waals surface area contributed by atoms with Crippen LogP contribution in [-0.2, 0) is 17.8 Å². The lowest BCUT2D eigenvalue weighted by molar-refractivity contribution is -0.113. The van der Waals surface area contributed by atoms with Gasteiger partial charge in [0.25, 0.3) is 0 Å². The Bertz CT molecular complexity index is 1520. The Labute approximate surface area is 203 Å². The molecule has 5 aromatic rings. The van der Waals surface area contributed by atoms with Gasteiger partial charge in [0.2, 0.25) is 5.91 Å². The maximum atomic E-state index is 14.0. The minimum Gasteiger partial charge on any atom is -0.334 e. The number of amides is 1. The second-order valence-electron chi connectivity index (χ2n) is 7.61. The van der Waals surface area contributed by atoms with Crippen LogP contribution in [0.25, 0.3) is 16.6 Å². The van der Waals surface area contributed by atoms with Crippen molar-refractivity contribution in [2.45, 2.75) is 25.0 Å². The number of hydrogen-bond acceptors (Lipinski definition) is 6. The molecule has 0 aliphatic carbocycles. The van der Waals surface area contributed by atoms with Gasteiger partial charge in [0.05, 0.1) is 23.3 Å². The van der Waals surface area contributed by atoms with Crippen molar-refractivity contribution >= 4 is 51.5 Å². The Balaban J connectivity index is 1.39. The molecular formula is C23H19ClFN7OS. The first-order chi connectivity index (χ1) is 16.5. The van der Waals surface area contributed by atoms with Gasteiger partial charge in [-0.15, -0.1) is 5.10 Å². The predicted molar refractivity (Wildman–Crippen MR) is 130 cm³/mol. The van der Waals surface area contributed by atoms with Gasteiger partial charge in [-0.05, 0) is 37.3 Å². The number of nitrogens with one attached hydrogen (secondary N) is 1. The van der Waals surface area contributed by atoms with E-state index >= 15 is 0 Å². The van der Waals surface area contributed by atoms with Gasteiger partial charge < -0.3 is 9.88 Å². The summed E-state index contributed by atoms with van der Waals surface area (Å²) in [6.45, 7) is 2.70. The summed E-state index contributed by atoms with van der Waals surface area (Å²) < 4.78 is 17.7. The standard InChI is InChI=1S/C23H19ClFN7OS/c1-14-11-26-13-31(14)9-8-20-29-22-16-4-2-3-5-18(16)28-23(32(22)30-20)34-12-21(33)27-19-7-6-15(24)10-17(19)25/h2-7,10-11,13H,8-9,12H2,1H3,(H,27,33). The first-order valence-corrected chi connectivity index (χ1v) is 11.8. The Morgan fingerprint density at radius 2 is 2.06 bits per heavy atom. The van der Waals surface area contributed by atoms with Crippen LogP contribution < -0.4 is 5.32 Å². The number of carbonyl (C=O) groups excluding carboxylic acids is 1. The summed E-state index contributed by atoms with van der Waals surface area (Å²) in [5.74, 6) is -0.275. The maximum Gasteiger partial charge on any atom is 0.234 e. The fraction of sp³-hybridized carbons (Fsp3) is 0.174. The highest BCUT2D eigenvalue weighted by molar-refractivity contribution is 7.99. The number of para-hydroxylation sites is 1. The second-order valence-corrected chi connectivity index (χ2v) is 8.99. The monoisotopic (exact) mass is 495 g/mol. The number of carbonyl (C=O) groups is 1. The number of imidazole rings is 1. The third kappa shape index (κ3) is 4.59. The number of fused-ring (bicyclic) bond motifs is 3. The maximum absolute atomic E-state index is 14.0. The van der Waals surface area contributed by atoms with E-state index in [0.717, 1.165) is 22.7 Å². The molecule has 3 heterocycles. The van der Waals surface area contributed by atoms with Crippen molar-refractivity contribution in [1.29, 1.82) is 0 Å². The number of thioether (sulfide) groups is 1. The molecule has 0 radical (unpaired) electrons. The third-order valence-corrected chi connectivity index (χ3v) is 6.39. The van der Waals surface area contributed by atoms with Gasteiger partial charge in [0, 0.05) is 35.3 Å². The van der Waals surface area contributed by atoms with Crippen LogP contribution in [0.5, 0.6) is 0 Å². The smallest absolute Gasteiger partial charge is 0.234 e. The molecule has 5 rings (SSSR count). The van der Waals surface area contributed by atoms with Gasteiger partial charge in [-0.1, -0.05) is 35.5 Å². The highest BCUT2D eigenvalue weighted by atomic mass is 35.5. The van der Waals surface area contributed by atoms with Crippen molar-refractivity contribution in [1.82, 2.24) is 29.1 Å². The molecule has 0 unspecified atom stereocenters. The van der Waals surface area contributed by atoms with E-state index in [2.05, 4.69) is 20.4 Å². The molecule has 0 aliphatic heterocycles. The van der Waals surface area contributed by atoms with Crippen LogP contribution in [0.2, 0.25) is 5.02 Å². The summed E-state index contributed by atoms with van der Waals surface area (Å²) in [6, 6.07) is 11.8. The van der Waals surface area contributed by atoms with Gasteiger partial charge in [-0.3, -0.25) is 4.79 Å². The van der Waals surface area contributed by atoms with Crippen LogP contribution in [0.15, 0.2) is 60.1 Å². The van der Waals surface area contributed by atoms with Gasteiger partial charge in [-0.2, -0.15) is 4.52 Å². The van der Waals surface area contributed by atoms with Crippen molar-refractivity contribution in [3.05, 3.63) is 77.3 Å². The molecule has 3 aromatic heterocycles. The Kier molecular flexibility index (Phi) is 6.16. The average Bonchev–Trinajstić information content (AvgIpc) is 3.44. The number of rotatable bonds is 7. The predicted octanol–water partition coefficient (Wildman–Crippen LogP) is 4.55. The van der Waals surface area contributed by atoms with Gasteiger partial charge >= 0.3 is 0 Å². The lowest BCUT2D eigenvalue weighted by Gasteiger charge is -2.08. The minimum atomic E-state index is -0.592. The van der Waals surface area contributed by atoms with Gasteiger partial charge in [0.1, 0.15) is 5.82 Å². The third-order valence-electron chi connectivity index (χ3n) is 5.23. The molecule has 11 heteroatoms. The topological polar surface area (TPSA) is 90.0 Å². The van der Waals surface area contributed by atoms with E-state index < -0.39 is 5.82 Å². The molecule has 0 saturated carbocycles. The van der Waals surface area contributed by atoms with E-state index in [1.54, 1.807) is 10.8 Å². The fourth-order valence-electron chi connectivity index (χ4n) is 3.52. The van der Waals surface area contributed by atoms with Gasteiger partial charge in [-0.25, -0.2) is 19.3 Å². The zero-order valence-corrected chi connectivity index (χ0v) is 19.6. The van der Waals surface area contributed by atoms with Crippen molar-refractivity contribution in [3.8, 4) is 0 Å². The highest BCUT2D eigenvalue weighted by Crippen LogP contribution is 2.25. The van der Waals surface area contributed by atoms with Crippen molar-refractivity contribution in [2.75, 3.05) is 11.1 Å². The first kappa shape index (κ1) is 22.3. The highest BCUT2D eigenvalue weighted by Gasteiger charge is 2.16. The molecule has 0 aliphatic rings. The fourth-order valence-corrected chi connectivity index (χ4v) is 4.42. The molecular weight excluding hydrogens is 477 g/mol. The van der Waals surface area contributed by atoms with Crippen LogP contribution in [0, 0.1) is 12.7 Å². The summed E-state index contributed by atoms with van der Waals surface area (Å²) in [7, 11) is 0. The van der Waals surface area contributed by atoms with Crippen molar-refractivity contribution in [2.24, 2.45) is 0 Å². The quantitative estimate of drug-likeness (QED) is 0.263. The lowest BCUT2D eigenvalue weighted by Crippen LogP contribution is -2.15.